The van der Waals surface area contributed by atoms with Crippen molar-refractivity contribution in [2.75, 3.05) is 0 Å². The van der Waals surface area contributed by atoms with Crippen LogP contribution in [0.25, 0.3) is 0 Å². The second-order valence-corrected chi connectivity index (χ2v) is 2.71. The standard InChI is InChI=1S/C7H10N2/c1-2-6(1)5-7-3-4-8-9-7/h3-4,6H,1-2,5H2,(H,8,9). The predicted molar refractivity (Wildman–Crippen MR) is 35.0 cm³/mol. The molecule has 1 aromatic rings. The van der Waals surface area contributed by atoms with Gasteiger partial charge in [-0.3, -0.25) is 5.10 Å². The number of H-pyrrole nitrogens is 1. The second kappa shape index (κ2) is 1.87. The Balaban J connectivity index is 1.99. The lowest BCUT2D eigenvalue weighted by Gasteiger charge is -1.87. The largest absolute Gasteiger partial charge is 0.285 e. The zero-order valence-corrected chi connectivity index (χ0v) is 5.30. The van der Waals surface area contributed by atoms with E-state index in [2.05, 4.69) is 16.3 Å². The first kappa shape index (κ1) is 5.03. The minimum absolute atomic E-state index is 0.952. The Morgan fingerprint density at radius 3 is 3.11 bits per heavy atom. The Bertz CT molecular complexity index is 175. The van der Waals surface area contributed by atoms with Gasteiger partial charge in [0, 0.05) is 6.20 Å². The second-order valence-electron chi connectivity index (χ2n) is 2.71. The molecule has 0 spiro atoms. The first-order valence-corrected chi connectivity index (χ1v) is 3.44. The van der Waals surface area contributed by atoms with Gasteiger partial charge in [0.2, 0.25) is 0 Å². The van der Waals surface area contributed by atoms with Gasteiger partial charge >= 0.3 is 0 Å². The number of nitrogens with one attached hydrogen (secondary N) is 1. The van der Waals surface area contributed by atoms with Crippen LogP contribution < -0.4 is 0 Å². The number of nitrogens with zero attached hydrogens (tertiary/aromatic N) is 1. The summed E-state index contributed by atoms with van der Waals surface area (Å²) < 4.78 is 0. The molecule has 0 atom stereocenters. The number of hydrogen-bond donors (Lipinski definition) is 1. The zero-order valence-electron chi connectivity index (χ0n) is 5.30. The van der Waals surface area contributed by atoms with Gasteiger partial charge in [-0.2, -0.15) is 5.10 Å². The highest BCUT2D eigenvalue weighted by Crippen LogP contribution is 2.31. The van der Waals surface area contributed by atoms with Crippen LogP contribution in [-0.4, -0.2) is 10.2 Å². The van der Waals surface area contributed by atoms with Crippen LogP contribution >= 0.6 is 0 Å². The highest BCUT2D eigenvalue weighted by molar-refractivity contribution is 5.00. The minimum atomic E-state index is 0.952. The molecule has 0 unspecified atom stereocenters. The summed E-state index contributed by atoms with van der Waals surface area (Å²) in [7, 11) is 0. The van der Waals surface area contributed by atoms with E-state index in [1.165, 1.54) is 25.0 Å². The van der Waals surface area contributed by atoms with Gasteiger partial charge in [-0.05, 0) is 31.2 Å². The maximum atomic E-state index is 4.07. The van der Waals surface area contributed by atoms with E-state index in [1.807, 2.05) is 6.20 Å². The molecular weight excluding hydrogens is 112 g/mol. The Hall–Kier alpha value is -0.790. The van der Waals surface area contributed by atoms with E-state index >= 15 is 0 Å². The average molecular weight is 122 g/mol. The van der Waals surface area contributed by atoms with Crippen LogP contribution in [0.4, 0.5) is 0 Å². The van der Waals surface area contributed by atoms with E-state index in [0.29, 0.717) is 0 Å². The normalized spacial score (nSPS) is 18.2. The molecule has 1 N–H and O–H groups in total. The molecule has 2 heteroatoms. The van der Waals surface area contributed by atoms with Crippen molar-refractivity contribution in [3.8, 4) is 0 Å². The van der Waals surface area contributed by atoms with Gasteiger partial charge in [-0.15, -0.1) is 0 Å². The predicted octanol–water partition coefficient (Wildman–Crippen LogP) is 1.36. The Labute approximate surface area is 54.3 Å². The van der Waals surface area contributed by atoms with E-state index in [1.54, 1.807) is 0 Å². The Morgan fingerprint density at radius 2 is 2.56 bits per heavy atom. The molecule has 1 heterocycles. The van der Waals surface area contributed by atoms with Crippen molar-refractivity contribution in [3.63, 3.8) is 0 Å². The van der Waals surface area contributed by atoms with Crippen LogP contribution in [0.15, 0.2) is 12.3 Å². The monoisotopic (exact) mass is 122 g/mol. The lowest BCUT2D eigenvalue weighted by molar-refractivity contribution is 0.796. The molecule has 0 bridgehead atoms. The number of aromatic amines is 1. The molecule has 0 amide bonds. The first-order chi connectivity index (χ1) is 4.45. The molecule has 48 valence electrons. The highest BCUT2D eigenvalue weighted by Gasteiger charge is 2.21. The lowest BCUT2D eigenvalue weighted by Crippen LogP contribution is -1.85. The fraction of sp³-hybridized carbons (Fsp3) is 0.571. The molecule has 1 fully saturated rings. The fourth-order valence-corrected chi connectivity index (χ4v) is 1.02. The molecule has 1 aliphatic rings. The molecular formula is C7H10N2. The van der Waals surface area contributed by atoms with Crippen molar-refractivity contribution >= 4 is 0 Å². The molecule has 0 aliphatic heterocycles. The molecule has 1 saturated carbocycles. The van der Waals surface area contributed by atoms with Crippen LogP contribution in [0, 0.1) is 5.92 Å². The van der Waals surface area contributed by atoms with E-state index in [9.17, 15) is 0 Å². The van der Waals surface area contributed by atoms with Crippen LogP contribution in [0.1, 0.15) is 18.5 Å². The van der Waals surface area contributed by atoms with E-state index < -0.39 is 0 Å². The van der Waals surface area contributed by atoms with E-state index in [-0.39, 0.29) is 0 Å². The summed E-state index contributed by atoms with van der Waals surface area (Å²) in [5, 5.41) is 6.88. The van der Waals surface area contributed by atoms with Gasteiger partial charge in [0.15, 0.2) is 0 Å². The zero-order chi connectivity index (χ0) is 6.10. The number of hydrogen-bond acceptors (Lipinski definition) is 1. The van der Waals surface area contributed by atoms with Crippen molar-refractivity contribution in [1.82, 2.24) is 10.2 Å². The smallest absolute Gasteiger partial charge is 0.0624 e. The Morgan fingerprint density at radius 1 is 1.67 bits per heavy atom. The van der Waals surface area contributed by atoms with Gasteiger partial charge in [0.05, 0.1) is 5.69 Å². The maximum absolute atomic E-state index is 4.07. The lowest BCUT2D eigenvalue weighted by atomic mass is 10.2. The summed E-state index contributed by atoms with van der Waals surface area (Å²) in [5.74, 6) is 0.952. The van der Waals surface area contributed by atoms with E-state index in [0.717, 1.165) is 5.92 Å². The molecule has 9 heavy (non-hydrogen) atoms. The van der Waals surface area contributed by atoms with Gasteiger partial charge in [-0.25, -0.2) is 0 Å². The first-order valence-electron chi connectivity index (χ1n) is 3.44. The van der Waals surface area contributed by atoms with Gasteiger partial charge < -0.3 is 0 Å². The van der Waals surface area contributed by atoms with E-state index in [4.69, 9.17) is 0 Å². The number of aromatic nitrogens is 2. The fourth-order valence-electron chi connectivity index (χ4n) is 1.02. The summed E-state index contributed by atoms with van der Waals surface area (Å²) in [6.07, 6.45) is 5.89. The maximum Gasteiger partial charge on any atom is 0.0624 e. The number of rotatable bonds is 2. The summed E-state index contributed by atoms with van der Waals surface area (Å²) in [6.45, 7) is 0. The van der Waals surface area contributed by atoms with Gasteiger partial charge in [0.25, 0.3) is 0 Å². The van der Waals surface area contributed by atoms with Crippen LogP contribution in [0.2, 0.25) is 0 Å². The van der Waals surface area contributed by atoms with Crippen molar-refractivity contribution in [3.05, 3.63) is 18.0 Å². The summed E-state index contributed by atoms with van der Waals surface area (Å²) in [4.78, 5) is 0. The van der Waals surface area contributed by atoms with Crippen LogP contribution in [0.3, 0.4) is 0 Å². The van der Waals surface area contributed by atoms with Crippen molar-refractivity contribution in [2.24, 2.45) is 5.92 Å². The van der Waals surface area contributed by atoms with Gasteiger partial charge in [0.1, 0.15) is 0 Å². The molecule has 2 nitrogen and oxygen atoms in total. The SMILES string of the molecule is c1cc(CC2CC2)n[nH]1. The third-order valence-electron chi connectivity index (χ3n) is 1.75. The molecule has 0 radical (unpaired) electrons. The molecule has 1 aromatic heterocycles. The summed E-state index contributed by atoms with van der Waals surface area (Å²) in [5.41, 5.74) is 1.22. The van der Waals surface area contributed by atoms with Crippen molar-refractivity contribution in [1.29, 1.82) is 0 Å². The van der Waals surface area contributed by atoms with Gasteiger partial charge in [-0.1, -0.05) is 0 Å². The summed E-state index contributed by atoms with van der Waals surface area (Å²) in [6, 6.07) is 2.05. The molecule has 2 rings (SSSR count). The third kappa shape index (κ3) is 1.12. The van der Waals surface area contributed by atoms with Crippen molar-refractivity contribution < 1.29 is 0 Å². The highest BCUT2D eigenvalue weighted by atomic mass is 15.1. The topological polar surface area (TPSA) is 28.7 Å². The third-order valence-corrected chi connectivity index (χ3v) is 1.75. The quantitative estimate of drug-likeness (QED) is 0.630. The Kier molecular flexibility index (Phi) is 1.04. The van der Waals surface area contributed by atoms with Crippen molar-refractivity contribution in [2.45, 2.75) is 19.3 Å². The molecule has 0 aromatic carbocycles. The van der Waals surface area contributed by atoms with Crippen LogP contribution in [-0.2, 0) is 6.42 Å². The average Bonchev–Trinajstić information content (AvgIpc) is 2.46. The summed E-state index contributed by atoms with van der Waals surface area (Å²) >= 11 is 0. The molecule has 0 saturated heterocycles. The molecule has 1 aliphatic carbocycles. The van der Waals surface area contributed by atoms with Crippen LogP contribution in [0.5, 0.6) is 0 Å². The minimum Gasteiger partial charge on any atom is -0.285 e.